The summed E-state index contributed by atoms with van der Waals surface area (Å²) in [6.07, 6.45) is 0. The molecule has 0 radical (unpaired) electrons. The molecule has 1 amide bonds. The summed E-state index contributed by atoms with van der Waals surface area (Å²) in [6, 6.07) is 10.7. The number of amides is 1. The van der Waals surface area contributed by atoms with Gasteiger partial charge in [0.1, 0.15) is 5.82 Å². The van der Waals surface area contributed by atoms with Crippen LogP contribution < -0.4 is 20.1 Å². The Morgan fingerprint density at radius 2 is 1.82 bits per heavy atom. The first-order chi connectivity index (χ1) is 13.5. The summed E-state index contributed by atoms with van der Waals surface area (Å²) in [5, 5.41) is 7.88. The van der Waals surface area contributed by atoms with Gasteiger partial charge in [0.2, 0.25) is 0 Å². The number of hydrogen-bond acceptors (Lipinski definition) is 6. The van der Waals surface area contributed by atoms with Crippen LogP contribution in [-0.4, -0.2) is 30.2 Å². The largest absolute Gasteiger partial charge is 0.493 e. The minimum Gasteiger partial charge on any atom is -0.493 e. The number of aromatic nitrogens is 1. The van der Waals surface area contributed by atoms with E-state index in [0.29, 0.717) is 22.2 Å². The molecule has 9 heteroatoms. The summed E-state index contributed by atoms with van der Waals surface area (Å²) in [4.78, 5) is 16.6. The SMILES string of the molecule is COc1ccc(-c2csc(NC(=S)NC(=O)c3ccc(F)cc3)n2)cc1OC. The fourth-order valence-electron chi connectivity index (χ4n) is 2.36. The Kier molecular flexibility index (Phi) is 6.17. The van der Waals surface area contributed by atoms with E-state index >= 15 is 0 Å². The van der Waals surface area contributed by atoms with Crippen LogP contribution in [0.25, 0.3) is 11.3 Å². The summed E-state index contributed by atoms with van der Waals surface area (Å²) in [7, 11) is 3.14. The maximum absolute atomic E-state index is 12.9. The van der Waals surface area contributed by atoms with Gasteiger partial charge in [-0.05, 0) is 54.7 Å². The highest BCUT2D eigenvalue weighted by Crippen LogP contribution is 2.33. The molecule has 1 heterocycles. The van der Waals surface area contributed by atoms with Gasteiger partial charge in [0.25, 0.3) is 5.91 Å². The van der Waals surface area contributed by atoms with Crippen molar-refractivity contribution in [3.05, 3.63) is 59.2 Å². The van der Waals surface area contributed by atoms with Crippen molar-refractivity contribution in [1.29, 1.82) is 0 Å². The minimum absolute atomic E-state index is 0.0996. The van der Waals surface area contributed by atoms with Gasteiger partial charge in [-0.3, -0.25) is 10.1 Å². The van der Waals surface area contributed by atoms with E-state index in [0.717, 1.165) is 11.3 Å². The first-order valence-corrected chi connectivity index (χ1v) is 9.34. The van der Waals surface area contributed by atoms with Crippen LogP contribution in [0.4, 0.5) is 9.52 Å². The molecular weight excluding hydrogens is 401 g/mol. The number of methoxy groups -OCH3 is 2. The molecular formula is C19H16FN3O3S2. The van der Waals surface area contributed by atoms with Crippen LogP contribution in [0.15, 0.2) is 47.8 Å². The van der Waals surface area contributed by atoms with Gasteiger partial charge in [0.15, 0.2) is 21.7 Å². The molecule has 0 aliphatic heterocycles. The molecule has 0 spiro atoms. The van der Waals surface area contributed by atoms with Crippen LogP contribution in [0, 0.1) is 5.82 Å². The van der Waals surface area contributed by atoms with Crippen molar-refractivity contribution in [3.8, 4) is 22.8 Å². The van der Waals surface area contributed by atoms with Crippen molar-refractivity contribution in [2.24, 2.45) is 0 Å². The molecule has 0 saturated carbocycles. The predicted octanol–water partition coefficient (Wildman–Crippen LogP) is 4.09. The van der Waals surface area contributed by atoms with Crippen LogP contribution >= 0.6 is 23.6 Å². The molecule has 0 unspecified atom stereocenters. The smallest absolute Gasteiger partial charge is 0.257 e. The van der Waals surface area contributed by atoms with E-state index in [1.165, 1.54) is 35.6 Å². The van der Waals surface area contributed by atoms with Crippen molar-refractivity contribution < 1.29 is 18.7 Å². The standard InChI is InChI=1S/C19H16FN3O3S2/c1-25-15-8-5-12(9-16(15)26-2)14-10-28-19(21-14)23-18(27)22-17(24)11-3-6-13(20)7-4-11/h3-10H,1-2H3,(H2,21,22,23,24,27). The molecule has 2 aromatic carbocycles. The molecule has 1 aromatic heterocycles. The minimum atomic E-state index is -0.436. The summed E-state index contributed by atoms with van der Waals surface area (Å²) in [5.74, 6) is 0.381. The fourth-order valence-corrected chi connectivity index (χ4v) is 3.34. The molecule has 0 aliphatic rings. The summed E-state index contributed by atoms with van der Waals surface area (Å²) >= 11 is 6.49. The van der Waals surface area contributed by atoms with Crippen LogP contribution in [0.1, 0.15) is 10.4 Å². The van der Waals surface area contributed by atoms with Crippen LogP contribution in [0.5, 0.6) is 11.5 Å². The number of anilines is 1. The zero-order chi connectivity index (χ0) is 20.1. The fraction of sp³-hybridized carbons (Fsp3) is 0.105. The van der Waals surface area contributed by atoms with Crippen LogP contribution in [0.3, 0.4) is 0 Å². The summed E-state index contributed by atoms with van der Waals surface area (Å²) in [6.45, 7) is 0. The normalized spacial score (nSPS) is 10.2. The lowest BCUT2D eigenvalue weighted by molar-refractivity contribution is 0.0977. The second-order valence-electron chi connectivity index (χ2n) is 5.52. The quantitative estimate of drug-likeness (QED) is 0.609. The van der Waals surface area contributed by atoms with E-state index in [2.05, 4.69) is 15.6 Å². The van der Waals surface area contributed by atoms with E-state index < -0.39 is 11.7 Å². The molecule has 0 aliphatic carbocycles. The predicted molar refractivity (Wildman–Crippen MR) is 111 cm³/mol. The zero-order valence-electron chi connectivity index (χ0n) is 15.0. The Morgan fingerprint density at radius 3 is 2.50 bits per heavy atom. The molecule has 0 bridgehead atoms. The van der Waals surface area contributed by atoms with Gasteiger partial charge >= 0.3 is 0 Å². The molecule has 0 atom stereocenters. The second-order valence-corrected chi connectivity index (χ2v) is 6.79. The number of carbonyl (C=O) groups excluding carboxylic acids is 1. The maximum Gasteiger partial charge on any atom is 0.257 e. The zero-order valence-corrected chi connectivity index (χ0v) is 16.6. The number of ether oxygens (including phenoxy) is 2. The lowest BCUT2D eigenvalue weighted by Crippen LogP contribution is -2.34. The van der Waals surface area contributed by atoms with Gasteiger partial charge in [-0.25, -0.2) is 9.37 Å². The van der Waals surface area contributed by atoms with Gasteiger partial charge in [0.05, 0.1) is 19.9 Å². The molecule has 0 saturated heterocycles. The third-order valence-electron chi connectivity index (χ3n) is 3.74. The number of carbonyl (C=O) groups is 1. The number of thiocarbonyl (C=S) groups is 1. The highest BCUT2D eigenvalue weighted by Gasteiger charge is 2.12. The molecule has 144 valence electrons. The second kappa shape index (κ2) is 8.77. The number of hydrogen-bond donors (Lipinski definition) is 2. The Labute approximate surface area is 170 Å². The van der Waals surface area contributed by atoms with E-state index in [-0.39, 0.29) is 5.11 Å². The van der Waals surface area contributed by atoms with Gasteiger partial charge in [-0.1, -0.05) is 0 Å². The van der Waals surface area contributed by atoms with Crippen molar-refractivity contribution in [1.82, 2.24) is 10.3 Å². The lowest BCUT2D eigenvalue weighted by Gasteiger charge is -2.08. The number of nitrogens with zero attached hydrogens (tertiary/aromatic N) is 1. The van der Waals surface area contributed by atoms with Crippen molar-refractivity contribution in [2.75, 3.05) is 19.5 Å². The van der Waals surface area contributed by atoms with Crippen molar-refractivity contribution in [2.45, 2.75) is 0 Å². The number of nitrogens with one attached hydrogen (secondary N) is 2. The van der Waals surface area contributed by atoms with Gasteiger partial charge in [-0.15, -0.1) is 11.3 Å². The Balaban J connectivity index is 1.66. The third-order valence-corrected chi connectivity index (χ3v) is 4.70. The van der Waals surface area contributed by atoms with Crippen molar-refractivity contribution in [3.63, 3.8) is 0 Å². The maximum atomic E-state index is 12.9. The molecule has 3 rings (SSSR count). The van der Waals surface area contributed by atoms with E-state index in [9.17, 15) is 9.18 Å². The summed E-state index contributed by atoms with van der Waals surface area (Å²) < 4.78 is 23.5. The van der Waals surface area contributed by atoms with Gasteiger partial charge < -0.3 is 14.8 Å². The number of benzene rings is 2. The number of thiazole rings is 1. The van der Waals surface area contributed by atoms with Gasteiger partial charge in [0, 0.05) is 16.5 Å². The third kappa shape index (κ3) is 4.62. The van der Waals surface area contributed by atoms with Crippen molar-refractivity contribution >= 4 is 39.7 Å². The summed E-state index contributed by atoms with van der Waals surface area (Å²) in [5.41, 5.74) is 1.88. The van der Waals surface area contributed by atoms with E-state index in [1.54, 1.807) is 20.3 Å². The van der Waals surface area contributed by atoms with Gasteiger partial charge in [-0.2, -0.15) is 0 Å². The highest BCUT2D eigenvalue weighted by atomic mass is 32.1. The molecule has 3 aromatic rings. The Hall–Kier alpha value is -3.04. The Morgan fingerprint density at radius 1 is 1.11 bits per heavy atom. The van der Waals surface area contributed by atoms with E-state index in [4.69, 9.17) is 21.7 Å². The molecule has 2 N–H and O–H groups in total. The molecule has 28 heavy (non-hydrogen) atoms. The molecule has 0 fully saturated rings. The highest BCUT2D eigenvalue weighted by molar-refractivity contribution is 7.80. The lowest BCUT2D eigenvalue weighted by atomic mass is 10.1. The van der Waals surface area contributed by atoms with Crippen LogP contribution in [-0.2, 0) is 0 Å². The van der Waals surface area contributed by atoms with E-state index in [1.807, 2.05) is 17.5 Å². The monoisotopic (exact) mass is 417 g/mol. The Bertz CT molecular complexity index is 1010. The first-order valence-electron chi connectivity index (χ1n) is 8.06. The first kappa shape index (κ1) is 19.7. The number of halogens is 1. The average Bonchev–Trinajstić information content (AvgIpc) is 3.16. The number of rotatable bonds is 5. The topological polar surface area (TPSA) is 72.5 Å². The van der Waals surface area contributed by atoms with Crippen LogP contribution in [0.2, 0.25) is 0 Å². The molecule has 6 nitrogen and oxygen atoms in total. The average molecular weight is 417 g/mol.